The monoisotopic (exact) mass is 291 g/mol. The van der Waals surface area contributed by atoms with Gasteiger partial charge in [0.05, 0.1) is 0 Å². The normalized spacial score (nSPS) is 11.2. The van der Waals surface area contributed by atoms with E-state index < -0.39 is 0 Å². The van der Waals surface area contributed by atoms with Gasteiger partial charge in [-0.3, -0.25) is 0 Å². The van der Waals surface area contributed by atoms with Crippen LogP contribution in [-0.4, -0.2) is 9.55 Å². The highest BCUT2D eigenvalue weighted by Gasteiger charge is 2.16. The lowest BCUT2D eigenvalue weighted by molar-refractivity contribution is 0.510. The standard InChI is InChI=1S/C16H22ClN3/c1-4-5-14-19-15(12-6-8-13(17)9-7-12)16(18)20(14)10-11(2)3/h6-9,11H,4-5,10,18H2,1-3H3. The predicted octanol–water partition coefficient (Wildman–Crippen LogP) is 4.39. The molecule has 0 aliphatic rings. The molecule has 0 spiro atoms. The molecule has 1 aromatic carbocycles. The molecule has 0 saturated carbocycles. The molecule has 2 N–H and O–H groups in total. The Morgan fingerprint density at radius 1 is 1.25 bits per heavy atom. The highest BCUT2D eigenvalue weighted by molar-refractivity contribution is 6.30. The lowest BCUT2D eigenvalue weighted by atomic mass is 10.1. The quantitative estimate of drug-likeness (QED) is 0.887. The molecule has 1 heterocycles. The van der Waals surface area contributed by atoms with Gasteiger partial charge in [-0.25, -0.2) is 4.98 Å². The third kappa shape index (κ3) is 3.15. The van der Waals surface area contributed by atoms with E-state index in [2.05, 4.69) is 25.3 Å². The van der Waals surface area contributed by atoms with Crippen molar-refractivity contribution in [3.05, 3.63) is 35.1 Å². The van der Waals surface area contributed by atoms with Gasteiger partial charge in [0.15, 0.2) is 0 Å². The summed E-state index contributed by atoms with van der Waals surface area (Å²) in [6.07, 6.45) is 2.01. The number of aromatic nitrogens is 2. The van der Waals surface area contributed by atoms with Crippen LogP contribution in [0.2, 0.25) is 5.02 Å². The zero-order chi connectivity index (χ0) is 14.7. The molecule has 0 amide bonds. The third-order valence-corrected chi connectivity index (χ3v) is 3.48. The van der Waals surface area contributed by atoms with Crippen LogP contribution in [-0.2, 0) is 13.0 Å². The van der Waals surface area contributed by atoms with Crippen molar-refractivity contribution in [1.29, 1.82) is 0 Å². The van der Waals surface area contributed by atoms with E-state index in [4.69, 9.17) is 22.3 Å². The second-order valence-electron chi connectivity index (χ2n) is 5.52. The molecule has 0 saturated heterocycles. The van der Waals surface area contributed by atoms with E-state index in [1.807, 2.05) is 24.3 Å². The van der Waals surface area contributed by atoms with Crippen LogP contribution < -0.4 is 5.73 Å². The highest BCUT2D eigenvalue weighted by atomic mass is 35.5. The van der Waals surface area contributed by atoms with Gasteiger partial charge in [0.1, 0.15) is 17.3 Å². The topological polar surface area (TPSA) is 43.8 Å². The van der Waals surface area contributed by atoms with Crippen molar-refractivity contribution in [2.24, 2.45) is 5.92 Å². The summed E-state index contributed by atoms with van der Waals surface area (Å²) in [5.74, 6) is 2.37. The van der Waals surface area contributed by atoms with Gasteiger partial charge in [0.25, 0.3) is 0 Å². The SMILES string of the molecule is CCCc1nc(-c2ccc(Cl)cc2)c(N)n1CC(C)C. The zero-order valence-electron chi connectivity index (χ0n) is 12.4. The minimum atomic E-state index is 0.542. The van der Waals surface area contributed by atoms with Gasteiger partial charge in [-0.15, -0.1) is 0 Å². The van der Waals surface area contributed by atoms with E-state index in [-0.39, 0.29) is 0 Å². The fourth-order valence-electron chi connectivity index (χ4n) is 2.32. The van der Waals surface area contributed by atoms with Gasteiger partial charge in [-0.2, -0.15) is 0 Å². The molecule has 4 heteroatoms. The summed E-state index contributed by atoms with van der Waals surface area (Å²) < 4.78 is 2.15. The van der Waals surface area contributed by atoms with Crippen LogP contribution in [0.1, 0.15) is 33.0 Å². The van der Waals surface area contributed by atoms with Gasteiger partial charge in [-0.05, 0) is 24.5 Å². The number of aryl methyl sites for hydroxylation is 1. The Hall–Kier alpha value is -1.48. The fourth-order valence-corrected chi connectivity index (χ4v) is 2.44. The van der Waals surface area contributed by atoms with Crippen molar-refractivity contribution in [2.45, 2.75) is 40.2 Å². The molecular weight excluding hydrogens is 270 g/mol. The number of hydrogen-bond acceptors (Lipinski definition) is 2. The number of nitrogens with two attached hydrogens (primary N) is 1. The molecule has 2 aromatic rings. The van der Waals surface area contributed by atoms with Crippen LogP contribution in [0.4, 0.5) is 5.82 Å². The van der Waals surface area contributed by atoms with E-state index in [1.165, 1.54) is 0 Å². The molecular formula is C16H22ClN3. The Bertz CT molecular complexity index is 570. The molecule has 2 rings (SSSR count). The van der Waals surface area contributed by atoms with E-state index in [9.17, 15) is 0 Å². The first-order valence-electron chi connectivity index (χ1n) is 7.13. The molecule has 0 radical (unpaired) electrons. The number of hydrogen-bond donors (Lipinski definition) is 1. The molecule has 0 aliphatic carbocycles. The third-order valence-electron chi connectivity index (χ3n) is 3.22. The smallest absolute Gasteiger partial charge is 0.131 e. The average Bonchev–Trinajstić information content (AvgIpc) is 2.69. The molecule has 3 nitrogen and oxygen atoms in total. The average molecular weight is 292 g/mol. The Kier molecular flexibility index (Phi) is 4.71. The van der Waals surface area contributed by atoms with Crippen LogP contribution in [0.25, 0.3) is 11.3 Å². The molecule has 0 fully saturated rings. The number of halogens is 1. The number of imidazole rings is 1. The summed E-state index contributed by atoms with van der Waals surface area (Å²) in [6.45, 7) is 7.45. The molecule has 0 atom stereocenters. The lowest BCUT2D eigenvalue weighted by Gasteiger charge is -2.11. The summed E-state index contributed by atoms with van der Waals surface area (Å²) in [5.41, 5.74) is 8.21. The number of rotatable bonds is 5. The molecule has 0 bridgehead atoms. The van der Waals surface area contributed by atoms with E-state index in [0.29, 0.717) is 5.92 Å². The Balaban J connectivity index is 2.45. The largest absolute Gasteiger partial charge is 0.383 e. The fraction of sp³-hybridized carbons (Fsp3) is 0.438. The first-order chi connectivity index (χ1) is 9.52. The van der Waals surface area contributed by atoms with Gasteiger partial charge < -0.3 is 10.3 Å². The maximum Gasteiger partial charge on any atom is 0.131 e. The summed E-state index contributed by atoms with van der Waals surface area (Å²) >= 11 is 5.94. The Labute approximate surface area is 125 Å². The molecule has 1 aromatic heterocycles. The van der Waals surface area contributed by atoms with Crippen molar-refractivity contribution >= 4 is 17.4 Å². The van der Waals surface area contributed by atoms with E-state index in [0.717, 1.165) is 47.3 Å². The van der Waals surface area contributed by atoms with Crippen molar-refractivity contribution in [1.82, 2.24) is 9.55 Å². The van der Waals surface area contributed by atoms with E-state index >= 15 is 0 Å². The van der Waals surface area contributed by atoms with Crippen molar-refractivity contribution in [2.75, 3.05) is 5.73 Å². The van der Waals surface area contributed by atoms with Crippen LogP contribution in [0.3, 0.4) is 0 Å². The lowest BCUT2D eigenvalue weighted by Crippen LogP contribution is -2.11. The zero-order valence-corrected chi connectivity index (χ0v) is 13.1. The van der Waals surface area contributed by atoms with Gasteiger partial charge in [0, 0.05) is 23.6 Å². The summed E-state index contributed by atoms with van der Waals surface area (Å²) in [4.78, 5) is 4.75. The Morgan fingerprint density at radius 3 is 2.45 bits per heavy atom. The van der Waals surface area contributed by atoms with Crippen molar-refractivity contribution in [3.63, 3.8) is 0 Å². The minimum Gasteiger partial charge on any atom is -0.383 e. The second kappa shape index (κ2) is 6.31. The van der Waals surface area contributed by atoms with Crippen LogP contribution in [0.15, 0.2) is 24.3 Å². The summed E-state index contributed by atoms with van der Waals surface area (Å²) in [5, 5.41) is 0.725. The Morgan fingerprint density at radius 2 is 1.90 bits per heavy atom. The number of nitrogens with zero attached hydrogens (tertiary/aromatic N) is 2. The van der Waals surface area contributed by atoms with Gasteiger partial charge >= 0.3 is 0 Å². The van der Waals surface area contributed by atoms with Crippen LogP contribution in [0.5, 0.6) is 0 Å². The second-order valence-corrected chi connectivity index (χ2v) is 5.96. The predicted molar refractivity (Wildman–Crippen MR) is 85.9 cm³/mol. The highest BCUT2D eigenvalue weighted by Crippen LogP contribution is 2.28. The van der Waals surface area contributed by atoms with Crippen molar-refractivity contribution < 1.29 is 0 Å². The maximum absolute atomic E-state index is 6.32. The molecule has 108 valence electrons. The first kappa shape index (κ1) is 14.9. The van der Waals surface area contributed by atoms with Crippen LogP contribution in [0, 0.1) is 5.92 Å². The summed E-state index contributed by atoms with van der Waals surface area (Å²) in [7, 11) is 0. The van der Waals surface area contributed by atoms with Gasteiger partial charge in [0.2, 0.25) is 0 Å². The van der Waals surface area contributed by atoms with Crippen molar-refractivity contribution in [3.8, 4) is 11.3 Å². The first-order valence-corrected chi connectivity index (χ1v) is 7.51. The number of nitrogen functional groups attached to an aromatic ring is 1. The van der Waals surface area contributed by atoms with Crippen LogP contribution >= 0.6 is 11.6 Å². The maximum atomic E-state index is 6.32. The molecule has 0 aliphatic heterocycles. The number of benzene rings is 1. The molecule has 0 unspecified atom stereocenters. The van der Waals surface area contributed by atoms with E-state index in [1.54, 1.807) is 0 Å². The molecule has 20 heavy (non-hydrogen) atoms. The number of anilines is 1. The minimum absolute atomic E-state index is 0.542. The summed E-state index contributed by atoms with van der Waals surface area (Å²) in [6, 6.07) is 7.68. The van der Waals surface area contributed by atoms with Gasteiger partial charge in [-0.1, -0.05) is 44.5 Å².